The molecule has 2 aromatic rings. The summed E-state index contributed by atoms with van der Waals surface area (Å²) in [5, 5.41) is 0.350. The number of hydrogen-bond acceptors (Lipinski definition) is 3. The predicted octanol–water partition coefficient (Wildman–Crippen LogP) is 3.75. The SMILES string of the molecule is Cc1cc(C(=O)N(Cc2ccc(C)o2)C2CC2)cc(Cl)n1. The van der Waals surface area contributed by atoms with Gasteiger partial charge in [-0.2, -0.15) is 0 Å². The summed E-state index contributed by atoms with van der Waals surface area (Å²) in [5.74, 6) is 1.65. The monoisotopic (exact) mass is 304 g/mol. The molecule has 0 spiro atoms. The molecule has 2 aromatic heterocycles. The maximum atomic E-state index is 12.7. The molecule has 0 radical (unpaired) electrons. The second kappa shape index (κ2) is 5.53. The van der Waals surface area contributed by atoms with Crippen molar-refractivity contribution in [3.63, 3.8) is 0 Å². The molecular weight excluding hydrogens is 288 g/mol. The number of carbonyl (C=O) groups is 1. The van der Waals surface area contributed by atoms with Crippen LogP contribution in [0.4, 0.5) is 0 Å². The number of carbonyl (C=O) groups excluding carboxylic acids is 1. The van der Waals surface area contributed by atoms with Gasteiger partial charge < -0.3 is 9.32 Å². The summed E-state index contributed by atoms with van der Waals surface area (Å²) in [4.78, 5) is 18.7. The fraction of sp³-hybridized carbons (Fsp3) is 0.375. The van der Waals surface area contributed by atoms with Crippen LogP contribution in [-0.2, 0) is 6.54 Å². The highest BCUT2D eigenvalue weighted by molar-refractivity contribution is 6.29. The molecule has 21 heavy (non-hydrogen) atoms. The van der Waals surface area contributed by atoms with Crippen LogP contribution in [0.3, 0.4) is 0 Å². The van der Waals surface area contributed by atoms with Gasteiger partial charge in [0, 0.05) is 17.3 Å². The van der Waals surface area contributed by atoms with Crippen molar-refractivity contribution < 1.29 is 9.21 Å². The van der Waals surface area contributed by atoms with Crippen LogP contribution in [0.2, 0.25) is 5.15 Å². The summed E-state index contributed by atoms with van der Waals surface area (Å²) in [5.41, 5.74) is 1.33. The van der Waals surface area contributed by atoms with Crippen molar-refractivity contribution in [3.8, 4) is 0 Å². The molecule has 0 N–H and O–H groups in total. The zero-order valence-electron chi connectivity index (χ0n) is 12.1. The summed E-state index contributed by atoms with van der Waals surface area (Å²) in [7, 11) is 0. The van der Waals surface area contributed by atoms with Crippen LogP contribution < -0.4 is 0 Å². The summed E-state index contributed by atoms with van der Waals surface area (Å²) in [6.45, 7) is 4.23. The van der Waals surface area contributed by atoms with Crippen LogP contribution in [0.15, 0.2) is 28.7 Å². The molecule has 2 heterocycles. The topological polar surface area (TPSA) is 46.3 Å². The lowest BCUT2D eigenvalue weighted by Crippen LogP contribution is -2.32. The van der Waals surface area contributed by atoms with Gasteiger partial charge in [-0.3, -0.25) is 4.79 Å². The number of hydrogen-bond donors (Lipinski definition) is 0. The van der Waals surface area contributed by atoms with Crippen LogP contribution in [0, 0.1) is 13.8 Å². The first kappa shape index (κ1) is 14.1. The van der Waals surface area contributed by atoms with Crippen molar-refractivity contribution in [1.82, 2.24) is 9.88 Å². The fourth-order valence-corrected chi connectivity index (χ4v) is 2.66. The molecule has 0 atom stereocenters. The average Bonchev–Trinajstić information content (AvgIpc) is 3.17. The fourth-order valence-electron chi connectivity index (χ4n) is 2.41. The highest BCUT2D eigenvalue weighted by atomic mass is 35.5. The number of amides is 1. The minimum absolute atomic E-state index is 0.0149. The Labute approximate surface area is 128 Å². The first-order valence-corrected chi connectivity index (χ1v) is 7.41. The Kier molecular flexibility index (Phi) is 3.72. The first-order chi connectivity index (χ1) is 10.0. The zero-order valence-corrected chi connectivity index (χ0v) is 12.9. The third-order valence-corrected chi connectivity index (χ3v) is 3.73. The molecule has 110 valence electrons. The molecule has 5 heteroatoms. The zero-order chi connectivity index (χ0) is 15.0. The van der Waals surface area contributed by atoms with E-state index in [1.165, 1.54) is 0 Å². The minimum atomic E-state index is -0.0149. The summed E-state index contributed by atoms with van der Waals surface area (Å²) < 4.78 is 5.59. The van der Waals surface area contributed by atoms with Gasteiger partial charge in [-0.15, -0.1) is 0 Å². The summed E-state index contributed by atoms with van der Waals surface area (Å²) >= 11 is 5.96. The maximum absolute atomic E-state index is 12.7. The van der Waals surface area contributed by atoms with Gasteiger partial charge in [0.05, 0.1) is 6.54 Å². The lowest BCUT2D eigenvalue weighted by atomic mass is 10.2. The van der Waals surface area contributed by atoms with Gasteiger partial charge in [-0.1, -0.05) is 11.6 Å². The first-order valence-electron chi connectivity index (χ1n) is 7.03. The molecule has 0 bridgehead atoms. The lowest BCUT2D eigenvalue weighted by molar-refractivity contribution is 0.0716. The van der Waals surface area contributed by atoms with Gasteiger partial charge in [0.2, 0.25) is 0 Å². The summed E-state index contributed by atoms with van der Waals surface area (Å²) in [6, 6.07) is 7.53. The molecule has 1 fully saturated rings. The molecule has 1 saturated carbocycles. The number of aromatic nitrogens is 1. The lowest BCUT2D eigenvalue weighted by Gasteiger charge is -2.21. The molecule has 1 aliphatic rings. The van der Waals surface area contributed by atoms with Gasteiger partial charge in [0.15, 0.2) is 0 Å². The Morgan fingerprint density at radius 3 is 2.71 bits per heavy atom. The van der Waals surface area contributed by atoms with Crippen LogP contribution >= 0.6 is 11.6 Å². The van der Waals surface area contributed by atoms with E-state index in [1.807, 2.05) is 30.9 Å². The molecule has 0 aromatic carbocycles. The second-order valence-electron chi connectivity index (χ2n) is 5.50. The molecule has 1 amide bonds. The molecular formula is C16H17ClN2O2. The Balaban J connectivity index is 1.84. The van der Waals surface area contributed by atoms with E-state index in [-0.39, 0.29) is 5.91 Å². The van der Waals surface area contributed by atoms with Crippen LogP contribution in [0.1, 0.15) is 40.4 Å². The van der Waals surface area contributed by atoms with Crippen molar-refractivity contribution >= 4 is 17.5 Å². The Morgan fingerprint density at radius 2 is 2.14 bits per heavy atom. The molecule has 4 nitrogen and oxygen atoms in total. The third-order valence-electron chi connectivity index (χ3n) is 3.54. The van der Waals surface area contributed by atoms with E-state index in [0.717, 1.165) is 30.1 Å². The van der Waals surface area contributed by atoms with Gasteiger partial charge >= 0.3 is 0 Å². The number of nitrogens with zero attached hydrogens (tertiary/aromatic N) is 2. The van der Waals surface area contributed by atoms with Crippen molar-refractivity contribution in [2.45, 2.75) is 39.3 Å². The van der Waals surface area contributed by atoms with E-state index < -0.39 is 0 Å². The predicted molar refractivity (Wildman–Crippen MR) is 80.3 cm³/mol. The van der Waals surface area contributed by atoms with E-state index in [0.29, 0.717) is 23.3 Å². The van der Waals surface area contributed by atoms with Crippen LogP contribution in [-0.4, -0.2) is 21.8 Å². The van der Waals surface area contributed by atoms with Crippen molar-refractivity contribution in [1.29, 1.82) is 0 Å². The smallest absolute Gasteiger partial charge is 0.254 e. The van der Waals surface area contributed by atoms with Gasteiger partial charge in [-0.25, -0.2) is 4.98 Å². The number of aryl methyl sites for hydroxylation is 2. The van der Waals surface area contributed by atoms with Crippen molar-refractivity contribution in [2.75, 3.05) is 0 Å². The molecule has 0 aliphatic heterocycles. The standard InChI is InChI=1S/C16H17ClN2O2/c1-10-7-12(8-15(17)18-10)16(20)19(13-4-5-13)9-14-6-3-11(2)21-14/h3,6-8,13H,4-5,9H2,1-2H3. The van der Waals surface area contributed by atoms with Gasteiger partial charge in [0.25, 0.3) is 5.91 Å². The molecule has 0 unspecified atom stereocenters. The number of rotatable bonds is 4. The summed E-state index contributed by atoms with van der Waals surface area (Å²) in [6.07, 6.45) is 2.09. The number of furan rings is 1. The van der Waals surface area contributed by atoms with Crippen molar-refractivity contribution in [3.05, 3.63) is 52.2 Å². The number of halogens is 1. The Hall–Kier alpha value is -1.81. The Bertz CT molecular complexity index is 656. The largest absolute Gasteiger partial charge is 0.464 e. The van der Waals surface area contributed by atoms with E-state index in [1.54, 1.807) is 12.1 Å². The highest BCUT2D eigenvalue weighted by Crippen LogP contribution is 2.30. The van der Waals surface area contributed by atoms with Gasteiger partial charge in [-0.05, 0) is 51.0 Å². The van der Waals surface area contributed by atoms with E-state index in [2.05, 4.69) is 4.98 Å². The van der Waals surface area contributed by atoms with E-state index in [4.69, 9.17) is 16.0 Å². The van der Waals surface area contributed by atoms with E-state index in [9.17, 15) is 4.79 Å². The van der Waals surface area contributed by atoms with Gasteiger partial charge in [0.1, 0.15) is 16.7 Å². The quantitative estimate of drug-likeness (QED) is 0.808. The number of pyridine rings is 1. The molecule has 0 saturated heterocycles. The Morgan fingerprint density at radius 1 is 1.38 bits per heavy atom. The molecule has 1 aliphatic carbocycles. The molecule has 3 rings (SSSR count). The van der Waals surface area contributed by atoms with E-state index >= 15 is 0 Å². The highest BCUT2D eigenvalue weighted by Gasteiger charge is 2.33. The maximum Gasteiger partial charge on any atom is 0.254 e. The average molecular weight is 305 g/mol. The normalized spacial score (nSPS) is 14.2. The minimum Gasteiger partial charge on any atom is -0.464 e. The second-order valence-corrected chi connectivity index (χ2v) is 5.88. The third kappa shape index (κ3) is 3.27. The van der Waals surface area contributed by atoms with Crippen molar-refractivity contribution in [2.24, 2.45) is 0 Å². The van der Waals surface area contributed by atoms with Crippen LogP contribution in [0.5, 0.6) is 0 Å². The van der Waals surface area contributed by atoms with Crippen LogP contribution in [0.25, 0.3) is 0 Å².